The normalized spacial score (nSPS) is 47.8. The van der Waals surface area contributed by atoms with Gasteiger partial charge in [0.1, 0.15) is 0 Å². The zero-order valence-corrected chi connectivity index (χ0v) is 16.9. The van der Waals surface area contributed by atoms with Gasteiger partial charge in [-0.2, -0.15) is 0 Å². The number of halogens is 1. The Labute approximate surface area is 166 Å². The predicted octanol–water partition coefficient (Wildman–Crippen LogP) is 4.38. The molecule has 0 bridgehead atoms. The van der Waals surface area contributed by atoms with Crippen molar-refractivity contribution in [2.75, 3.05) is 0 Å². The number of carbonyl (C=O) groups is 1. The number of rotatable bonds is 3. The number of imidazole rings is 1. The maximum absolute atomic E-state index is 14.1. The van der Waals surface area contributed by atoms with Crippen molar-refractivity contribution in [2.24, 2.45) is 40.9 Å². The highest BCUT2D eigenvalue weighted by molar-refractivity contribution is 5.82. The third kappa shape index (κ3) is 2.96. The minimum absolute atomic E-state index is 0.126. The molecule has 0 aliphatic heterocycles. The van der Waals surface area contributed by atoms with Crippen LogP contribution in [-0.2, 0) is 11.3 Å². The highest BCUT2D eigenvalue weighted by Gasteiger charge is 2.59. The van der Waals surface area contributed by atoms with Gasteiger partial charge in [0.05, 0.1) is 12.9 Å². The van der Waals surface area contributed by atoms with Crippen molar-refractivity contribution in [1.29, 1.82) is 0 Å². The molecule has 1 aromatic heterocycles. The smallest absolute Gasteiger partial charge is 0.207 e. The second kappa shape index (κ2) is 6.65. The van der Waals surface area contributed by atoms with Gasteiger partial charge < -0.3 is 9.67 Å². The molecule has 4 fully saturated rings. The van der Waals surface area contributed by atoms with Gasteiger partial charge in [-0.1, -0.05) is 6.92 Å². The first-order chi connectivity index (χ1) is 13.4. The van der Waals surface area contributed by atoms with E-state index >= 15 is 0 Å². The number of hydrogen-bond acceptors (Lipinski definition) is 3. The van der Waals surface area contributed by atoms with Gasteiger partial charge in [-0.05, 0) is 80.0 Å². The van der Waals surface area contributed by atoms with E-state index in [1.54, 1.807) is 12.5 Å². The van der Waals surface area contributed by atoms with E-state index in [0.717, 1.165) is 32.1 Å². The van der Waals surface area contributed by atoms with Crippen molar-refractivity contribution < 1.29 is 14.3 Å². The lowest BCUT2D eigenvalue weighted by molar-refractivity contribution is -0.165. The molecule has 0 radical (unpaired) electrons. The van der Waals surface area contributed by atoms with Crippen molar-refractivity contribution in [3.8, 4) is 0 Å². The monoisotopic (exact) mass is 388 g/mol. The molecule has 0 amide bonds. The molecule has 4 saturated carbocycles. The van der Waals surface area contributed by atoms with Crippen LogP contribution in [0, 0.1) is 40.9 Å². The maximum atomic E-state index is 14.1. The molecule has 5 heteroatoms. The third-order valence-corrected chi connectivity index (χ3v) is 9.24. The number of fused-ring (bicyclic) bond motifs is 5. The molecule has 4 aliphatic rings. The Morgan fingerprint density at radius 1 is 1.14 bits per heavy atom. The average Bonchev–Trinajstić information content (AvgIpc) is 3.27. The van der Waals surface area contributed by atoms with Crippen molar-refractivity contribution in [1.82, 2.24) is 9.55 Å². The van der Waals surface area contributed by atoms with E-state index in [0.29, 0.717) is 54.8 Å². The first-order valence-electron chi connectivity index (χ1n) is 11.3. The summed E-state index contributed by atoms with van der Waals surface area (Å²) in [6.45, 7) is 2.82. The molecular formula is C23H33FN2O2. The minimum atomic E-state index is -1.94. The van der Waals surface area contributed by atoms with E-state index < -0.39 is 5.85 Å². The molecular weight excluding hydrogens is 355 g/mol. The lowest BCUT2D eigenvalue weighted by Gasteiger charge is -2.56. The van der Waals surface area contributed by atoms with Crippen LogP contribution in [0.4, 0.5) is 4.39 Å². The van der Waals surface area contributed by atoms with E-state index in [4.69, 9.17) is 0 Å². The zero-order valence-electron chi connectivity index (χ0n) is 16.9. The lowest BCUT2D eigenvalue weighted by atomic mass is 9.49. The number of Topliss-reactive ketones (excluding diaryl/α,β-unsaturated/α-hetero) is 1. The molecule has 1 heterocycles. The van der Waals surface area contributed by atoms with Crippen LogP contribution in [0.3, 0.4) is 0 Å². The Morgan fingerprint density at radius 3 is 2.75 bits per heavy atom. The molecule has 1 aromatic rings. The van der Waals surface area contributed by atoms with E-state index in [-0.39, 0.29) is 11.3 Å². The molecule has 28 heavy (non-hydrogen) atoms. The first kappa shape index (κ1) is 18.8. The van der Waals surface area contributed by atoms with Gasteiger partial charge in [0.25, 0.3) is 0 Å². The minimum Gasteiger partial charge on any atom is -0.362 e. The molecule has 8 atom stereocenters. The molecule has 5 rings (SSSR count). The van der Waals surface area contributed by atoms with Crippen LogP contribution in [-0.4, -0.2) is 26.3 Å². The summed E-state index contributed by atoms with van der Waals surface area (Å²) in [5.41, 5.74) is 0.126. The van der Waals surface area contributed by atoms with Crippen molar-refractivity contribution in [2.45, 2.75) is 77.1 Å². The Kier molecular flexibility index (Phi) is 4.46. The van der Waals surface area contributed by atoms with Crippen LogP contribution in [0.15, 0.2) is 18.7 Å². The Balaban J connectivity index is 1.32. The largest absolute Gasteiger partial charge is 0.362 e. The Bertz CT molecular complexity index is 733. The van der Waals surface area contributed by atoms with E-state index in [2.05, 4.69) is 11.9 Å². The standard InChI is InChI=1S/C23H33FN2O2/c1-22-8-6-17-16-7-9-23(24,28)12-15(16)2-3-18(17)19(22)4-5-20(22)21(27)13-26-11-10-25-14-26/h10-11,14-20,28H,2-9,12-13H2,1H3/t15-,16+,17-,18-,19+,20-,22+,23-/m1/s1. The fourth-order valence-electron chi connectivity index (χ4n) is 8.03. The molecule has 4 aliphatic carbocycles. The van der Waals surface area contributed by atoms with Gasteiger partial charge in [0, 0.05) is 31.2 Å². The molecule has 154 valence electrons. The van der Waals surface area contributed by atoms with Crippen LogP contribution in [0.5, 0.6) is 0 Å². The molecule has 0 unspecified atom stereocenters. The highest BCUT2D eigenvalue weighted by atomic mass is 19.2. The Morgan fingerprint density at radius 2 is 1.96 bits per heavy atom. The first-order valence-corrected chi connectivity index (χ1v) is 11.3. The van der Waals surface area contributed by atoms with Crippen LogP contribution in [0.1, 0.15) is 64.7 Å². The van der Waals surface area contributed by atoms with Gasteiger partial charge >= 0.3 is 0 Å². The number of ketones is 1. The topological polar surface area (TPSA) is 55.1 Å². The molecule has 4 nitrogen and oxygen atoms in total. The zero-order chi connectivity index (χ0) is 19.5. The molecule has 0 saturated heterocycles. The van der Waals surface area contributed by atoms with Gasteiger partial charge in [-0.15, -0.1) is 0 Å². The quantitative estimate of drug-likeness (QED) is 0.836. The SMILES string of the molecule is C[C@]12CC[C@H]3[C@@H](CC[C@@H]4C[C@@](O)(F)CC[C@@H]43)[C@@H]1CC[C@@H]2C(=O)Cn1ccnc1. The second-order valence-electron chi connectivity index (χ2n) is 10.5. The second-order valence-corrected chi connectivity index (χ2v) is 10.5. The van der Waals surface area contributed by atoms with Crippen LogP contribution >= 0.6 is 0 Å². The molecule has 0 spiro atoms. The fourth-order valence-corrected chi connectivity index (χ4v) is 8.03. The highest BCUT2D eigenvalue weighted by Crippen LogP contribution is 2.64. The van der Waals surface area contributed by atoms with Crippen molar-refractivity contribution in [3.63, 3.8) is 0 Å². The van der Waals surface area contributed by atoms with Crippen molar-refractivity contribution in [3.05, 3.63) is 18.7 Å². The number of nitrogens with zero attached hydrogens (tertiary/aromatic N) is 2. The van der Waals surface area contributed by atoms with E-state index in [1.165, 1.54) is 12.8 Å². The summed E-state index contributed by atoms with van der Waals surface area (Å²) in [4.78, 5) is 17.2. The summed E-state index contributed by atoms with van der Waals surface area (Å²) in [5, 5.41) is 9.89. The third-order valence-electron chi connectivity index (χ3n) is 9.24. The van der Waals surface area contributed by atoms with E-state index in [9.17, 15) is 14.3 Å². The van der Waals surface area contributed by atoms with Gasteiger partial charge in [0.15, 0.2) is 5.78 Å². The summed E-state index contributed by atoms with van der Waals surface area (Å²) >= 11 is 0. The summed E-state index contributed by atoms with van der Waals surface area (Å²) in [6, 6.07) is 0. The lowest BCUT2D eigenvalue weighted by Crippen LogP contribution is -2.51. The average molecular weight is 389 g/mol. The summed E-state index contributed by atoms with van der Waals surface area (Å²) < 4.78 is 16.0. The number of carbonyl (C=O) groups excluding carboxylic acids is 1. The summed E-state index contributed by atoms with van der Waals surface area (Å²) in [5.74, 6) is 1.54. The summed E-state index contributed by atoms with van der Waals surface area (Å²) in [6.07, 6.45) is 13.5. The van der Waals surface area contributed by atoms with Crippen molar-refractivity contribution >= 4 is 5.78 Å². The number of aliphatic hydroxyl groups is 1. The molecule has 0 aromatic carbocycles. The van der Waals surface area contributed by atoms with Crippen LogP contribution < -0.4 is 0 Å². The fraction of sp³-hybridized carbons (Fsp3) is 0.826. The Hall–Kier alpha value is -1.23. The number of aromatic nitrogens is 2. The van der Waals surface area contributed by atoms with E-state index in [1.807, 2.05) is 10.8 Å². The molecule has 1 N–H and O–H groups in total. The van der Waals surface area contributed by atoms with Gasteiger partial charge in [-0.3, -0.25) is 4.79 Å². The maximum Gasteiger partial charge on any atom is 0.207 e. The number of hydrogen-bond donors (Lipinski definition) is 1. The van der Waals surface area contributed by atoms with Crippen LogP contribution in [0.2, 0.25) is 0 Å². The summed E-state index contributed by atoms with van der Waals surface area (Å²) in [7, 11) is 0. The number of alkyl halides is 1. The van der Waals surface area contributed by atoms with Gasteiger partial charge in [0.2, 0.25) is 5.85 Å². The predicted molar refractivity (Wildman–Crippen MR) is 104 cm³/mol. The van der Waals surface area contributed by atoms with Crippen LogP contribution in [0.25, 0.3) is 0 Å². The van der Waals surface area contributed by atoms with Gasteiger partial charge in [-0.25, -0.2) is 9.37 Å².